The van der Waals surface area contributed by atoms with Crippen LogP contribution in [-0.2, 0) is 5.41 Å². The number of unbranched alkanes of at least 4 members (excludes halogenated alkanes) is 9. The van der Waals surface area contributed by atoms with Gasteiger partial charge in [0, 0.05) is 11.0 Å². The lowest BCUT2D eigenvalue weighted by Gasteiger charge is -2.28. The van der Waals surface area contributed by atoms with E-state index < -0.39 is 0 Å². The molecule has 28 heavy (non-hydrogen) atoms. The van der Waals surface area contributed by atoms with Crippen molar-refractivity contribution in [1.82, 2.24) is 0 Å². The van der Waals surface area contributed by atoms with Gasteiger partial charge in [-0.15, -0.1) is 0 Å². The largest absolute Gasteiger partial charge is 0.493 e. The van der Waals surface area contributed by atoms with E-state index in [0.717, 1.165) is 18.8 Å². The topological polar surface area (TPSA) is 9.23 Å². The van der Waals surface area contributed by atoms with Crippen molar-refractivity contribution in [2.75, 3.05) is 6.61 Å². The predicted octanol–water partition coefficient (Wildman–Crippen LogP) is 8.31. The zero-order valence-corrected chi connectivity index (χ0v) is 18.4. The van der Waals surface area contributed by atoms with Gasteiger partial charge in [0.05, 0.1) is 6.61 Å². The molecule has 0 bridgehead atoms. The van der Waals surface area contributed by atoms with E-state index in [2.05, 4.69) is 75.4 Å². The molecule has 2 aromatic rings. The average Bonchev–Trinajstić information content (AvgIpc) is 2.73. The van der Waals surface area contributed by atoms with Crippen LogP contribution in [0.25, 0.3) is 0 Å². The molecule has 1 heteroatoms. The smallest absolute Gasteiger partial charge is 0.123 e. The molecule has 0 unspecified atom stereocenters. The van der Waals surface area contributed by atoms with Gasteiger partial charge in [-0.2, -0.15) is 0 Å². The van der Waals surface area contributed by atoms with E-state index in [9.17, 15) is 0 Å². The van der Waals surface area contributed by atoms with Crippen LogP contribution < -0.4 is 4.74 Å². The molecule has 0 aliphatic rings. The van der Waals surface area contributed by atoms with E-state index in [1.54, 1.807) is 0 Å². The Morgan fingerprint density at radius 1 is 0.643 bits per heavy atom. The summed E-state index contributed by atoms with van der Waals surface area (Å²) in [6.45, 7) is 7.66. The molecule has 0 aliphatic heterocycles. The second-order valence-electron chi connectivity index (χ2n) is 8.52. The first-order valence-electron chi connectivity index (χ1n) is 11.4. The van der Waals surface area contributed by atoms with E-state index in [0.29, 0.717) is 0 Å². The third kappa shape index (κ3) is 7.34. The van der Waals surface area contributed by atoms with Gasteiger partial charge in [0.2, 0.25) is 0 Å². The van der Waals surface area contributed by atoms with Crippen molar-refractivity contribution in [1.29, 1.82) is 0 Å². The molecular formula is C27H40O. The third-order valence-corrected chi connectivity index (χ3v) is 5.81. The van der Waals surface area contributed by atoms with Crippen molar-refractivity contribution < 1.29 is 4.74 Å². The molecule has 0 heterocycles. The zero-order chi connectivity index (χ0) is 20.1. The van der Waals surface area contributed by atoms with Crippen LogP contribution in [0.5, 0.6) is 5.75 Å². The summed E-state index contributed by atoms with van der Waals surface area (Å²) in [6, 6.07) is 19.3. The fourth-order valence-electron chi connectivity index (χ4n) is 3.89. The molecule has 0 saturated heterocycles. The molecule has 0 saturated carbocycles. The van der Waals surface area contributed by atoms with Crippen LogP contribution in [0.3, 0.4) is 0 Å². The Morgan fingerprint density at radius 3 is 1.82 bits per heavy atom. The van der Waals surface area contributed by atoms with Gasteiger partial charge in [-0.25, -0.2) is 0 Å². The Kier molecular flexibility index (Phi) is 10.2. The number of hydrogen-bond acceptors (Lipinski definition) is 1. The highest BCUT2D eigenvalue weighted by molar-refractivity contribution is 5.45. The van der Waals surface area contributed by atoms with Crippen molar-refractivity contribution in [3.63, 3.8) is 0 Å². The minimum Gasteiger partial charge on any atom is -0.493 e. The standard InChI is InChI=1S/C27H40O/c1-4-5-6-7-8-9-10-11-12-18-23-28-26-22-17-16-21-25(26)27(2,3)24-19-14-13-15-20-24/h13-17,19-22H,4-12,18,23H2,1-3H3. The molecule has 0 aliphatic carbocycles. The Balaban J connectivity index is 1.73. The Hall–Kier alpha value is -1.76. The zero-order valence-electron chi connectivity index (χ0n) is 18.4. The Labute approximate surface area is 173 Å². The number of hydrogen-bond donors (Lipinski definition) is 0. The van der Waals surface area contributed by atoms with Crippen LogP contribution in [0.15, 0.2) is 54.6 Å². The van der Waals surface area contributed by atoms with Gasteiger partial charge >= 0.3 is 0 Å². The summed E-state index contributed by atoms with van der Waals surface area (Å²) in [5.41, 5.74) is 2.54. The van der Waals surface area contributed by atoms with Crippen LogP contribution in [-0.4, -0.2) is 6.61 Å². The summed E-state index contributed by atoms with van der Waals surface area (Å²) >= 11 is 0. The fourth-order valence-corrected chi connectivity index (χ4v) is 3.89. The average molecular weight is 381 g/mol. The van der Waals surface area contributed by atoms with Crippen LogP contribution in [0.4, 0.5) is 0 Å². The molecule has 2 aromatic carbocycles. The van der Waals surface area contributed by atoms with E-state index in [1.165, 1.54) is 68.9 Å². The highest BCUT2D eigenvalue weighted by atomic mass is 16.5. The molecule has 1 nitrogen and oxygen atoms in total. The molecular weight excluding hydrogens is 340 g/mol. The van der Waals surface area contributed by atoms with Gasteiger partial charge in [0.1, 0.15) is 5.75 Å². The van der Waals surface area contributed by atoms with Crippen molar-refractivity contribution >= 4 is 0 Å². The maximum Gasteiger partial charge on any atom is 0.123 e. The minimum absolute atomic E-state index is 0.0599. The van der Waals surface area contributed by atoms with E-state index in [1.807, 2.05) is 0 Å². The lowest BCUT2D eigenvalue weighted by atomic mass is 9.78. The predicted molar refractivity (Wildman–Crippen MR) is 122 cm³/mol. The number of ether oxygens (including phenoxy) is 1. The molecule has 0 spiro atoms. The summed E-state index contributed by atoms with van der Waals surface area (Å²) in [5, 5.41) is 0. The van der Waals surface area contributed by atoms with Gasteiger partial charge in [0.15, 0.2) is 0 Å². The molecule has 0 amide bonds. The van der Waals surface area contributed by atoms with E-state index in [4.69, 9.17) is 4.74 Å². The normalized spacial score (nSPS) is 11.5. The summed E-state index contributed by atoms with van der Waals surface area (Å²) in [4.78, 5) is 0. The SMILES string of the molecule is CCCCCCCCCCCCOc1ccccc1C(C)(C)c1ccccc1. The second kappa shape index (κ2) is 12.6. The molecule has 0 N–H and O–H groups in total. The van der Waals surface area contributed by atoms with E-state index >= 15 is 0 Å². The maximum absolute atomic E-state index is 6.22. The maximum atomic E-state index is 6.22. The molecule has 2 rings (SSSR count). The Morgan fingerprint density at radius 2 is 1.18 bits per heavy atom. The molecule has 154 valence electrons. The van der Waals surface area contributed by atoms with E-state index in [-0.39, 0.29) is 5.41 Å². The number of para-hydroxylation sites is 1. The van der Waals surface area contributed by atoms with Crippen LogP contribution >= 0.6 is 0 Å². The van der Waals surface area contributed by atoms with Crippen molar-refractivity contribution in [2.45, 2.75) is 90.4 Å². The van der Waals surface area contributed by atoms with Gasteiger partial charge in [-0.05, 0) is 18.1 Å². The quantitative estimate of drug-likeness (QED) is 0.299. The first-order valence-corrected chi connectivity index (χ1v) is 11.4. The summed E-state index contributed by atoms with van der Waals surface area (Å²) < 4.78 is 6.22. The van der Waals surface area contributed by atoms with Gasteiger partial charge < -0.3 is 4.74 Å². The van der Waals surface area contributed by atoms with Crippen molar-refractivity contribution in [2.24, 2.45) is 0 Å². The second-order valence-corrected chi connectivity index (χ2v) is 8.52. The third-order valence-electron chi connectivity index (χ3n) is 5.81. The summed E-state index contributed by atoms with van der Waals surface area (Å²) in [7, 11) is 0. The summed E-state index contributed by atoms with van der Waals surface area (Å²) in [5.74, 6) is 1.03. The highest BCUT2D eigenvalue weighted by Gasteiger charge is 2.26. The summed E-state index contributed by atoms with van der Waals surface area (Å²) in [6.07, 6.45) is 13.5. The molecule has 0 atom stereocenters. The highest BCUT2D eigenvalue weighted by Crippen LogP contribution is 2.37. The van der Waals surface area contributed by atoms with Crippen molar-refractivity contribution in [3.05, 3.63) is 65.7 Å². The van der Waals surface area contributed by atoms with Gasteiger partial charge in [-0.1, -0.05) is 127 Å². The molecule has 0 radical (unpaired) electrons. The van der Waals surface area contributed by atoms with Crippen molar-refractivity contribution in [3.8, 4) is 5.75 Å². The van der Waals surface area contributed by atoms with Crippen LogP contribution in [0.2, 0.25) is 0 Å². The lowest BCUT2D eigenvalue weighted by Crippen LogP contribution is -2.20. The monoisotopic (exact) mass is 380 g/mol. The Bertz CT molecular complexity index is 644. The minimum atomic E-state index is -0.0599. The first kappa shape index (κ1) is 22.5. The fraction of sp³-hybridized carbons (Fsp3) is 0.556. The number of rotatable bonds is 14. The molecule has 0 aromatic heterocycles. The van der Waals surface area contributed by atoms with Crippen LogP contribution in [0.1, 0.15) is 96.1 Å². The molecule has 0 fully saturated rings. The first-order chi connectivity index (χ1) is 13.7. The lowest BCUT2D eigenvalue weighted by molar-refractivity contribution is 0.297. The van der Waals surface area contributed by atoms with Crippen LogP contribution in [0, 0.1) is 0 Å². The van der Waals surface area contributed by atoms with Gasteiger partial charge in [-0.3, -0.25) is 0 Å². The number of benzene rings is 2. The van der Waals surface area contributed by atoms with Gasteiger partial charge in [0.25, 0.3) is 0 Å².